The fourth-order valence-corrected chi connectivity index (χ4v) is 1.42. The SMILES string of the molecule is COC(=O)O[C@H]1C=CCN(C(=O)OC(C)(C)C)C1. The average Bonchev–Trinajstić information content (AvgIpc) is 2.27. The van der Waals surface area contributed by atoms with Crippen molar-refractivity contribution in [1.82, 2.24) is 4.90 Å². The highest BCUT2D eigenvalue weighted by Crippen LogP contribution is 2.13. The second kappa shape index (κ2) is 5.75. The third kappa shape index (κ3) is 4.65. The summed E-state index contributed by atoms with van der Waals surface area (Å²) in [4.78, 5) is 24.3. The molecule has 0 saturated carbocycles. The van der Waals surface area contributed by atoms with E-state index in [2.05, 4.69) is 4.74 Å². The summed E-state index contributed by atoms with van der Waals surface area (Å²) in [6.45, 7) is 6.10. The molecule has 0 fully saturated rings. The molecule has 0 unspecified atom stereocenters. The lowest BCUT2D eigenvalue weighted by molar-refractivity contribution is 0.00770. The minimum absolute atomic E-state index is 0.264. The predicted molar refractivity (Wildman–Crippen MR) is 64.2 cm³/mol. The van der Waals surface area contributed by atoms with E-state index in [1.54, 1.807) is 32.9 Å². The van der Waals surface area contributed by atoms with Crippen LogP contribution in [-0.4, -0.2) is 49.1 Å². The molecule has 102 valence electrons. The van der Waals surface area contributed by atoms with Crippen LogP contribution >= 0.6 is 0 Å². The number of nitrogens with zero attached hydrogens (tertiary/aromatic N) is 1. The Morgan fingerprint density at radius 1 is 1.33 bits per heavy atom. The van der Waals surface area contributed by atoms with Crippen LogP contribution in [0.2, 0.25) is 0 Å². The first kappa shape index (κ1) is 14.3. The highest BCUT2D eigenvalue weighted by Gasteiger charge is 2.26. The highest BCUT2D eigenvalue weighted by atomic mass is 16.7. The number of carbonyl (C=O) groups excluding carboxylic acids is 2. The number of hydrogen-bond acceptors (Lipinski definition) is 5. The van der Waals surface area contributed by atoms with Crippen LogP contribution in [0.1, 0.15) is 20.8 Å². The van der Waals surface area contributed by atoms with Crippen LogP contribution in [0.4, 0.5) is 9.59 Å². The van der Waals surface area contributed by atoms with Crippen LogP contribution < -0.4 is 0 Å². The molecule has 6 nitrogen and oxygen atoms in total. The van der Waals surface area contributed by atoms with E-state index in [0.717, 1.165) is 0 Å². The van der Waals surface area contributed by atoms with Gasteiger partial charge in [-0.3, -0.25) is 0 Å². The van der Waals surface area contributed by atoms with Gasteiger partial charge in [-0.25, -0.2) is 9.59 Å². The molecule has 1 heterocycles. The zero-order valence-corrected chi connectivity index (χ0v) is 11.1. The molecule has 1 amide bonds. The normalized spacial score (nSPS) is 19.3. The molecular weight excluding hydrogens is 238 g/mol. The molecule has 0 N–H and O–H groups in total. The highest BCUT2D eigenvalue weighted by molar-refractivity contribution is 5.69. The fraction of sp³-hybridized carbons (Fsp3) is 0.667. The van der Waals surface area contributed by atoms with Gasteiger partial charge in [0.2, 0.25) is 0 Å². The van der Waals surface area contributed by atoms with E-state index in [-0.39, 0.29) is 6.54 Å². The quantitative estimate of drug-likeness (QED) is 0.530. The Balaban J connectivity index is 2.53. The maximum Gasteiger partial charge on any atom is 0.508 e. The first-order valence-electron chi connectivity index (χ1n) is 5.71. The largest absolute Gasteiger partial charge is 0.508 e. The Kier molecular flexibility index (Phi) is 4.58. The van der Waals surface area contributed by atoms with Gasteiger partial charge in [-0.05, 0) is 26.8 Å². The van der Waals surface area contributed by atoms with E-state index >= 15 is 0 Å². The van der Waals surface area contributed by atoms with Crippen LogP contribution in [0.5, 0.6) is 0 Å². The molecule has 0 aliphatic carbocycles. The lowest BCUT2D eigenvalue weighted by atomic mass is 10.2. The number of hydrogen-bond donors (Lipinski definition) is 0. The van der Waals surface area contributed by atoms with Gasteiger partial charge in [0.15, 0.2) is 0 Å². The maximum absolute atomic E-state index is 11.8. The summed E-state index contributed by atoms with van der Waals surface area (Å²) in [6.07, 6.45) is 1.78. The number of ether oxygens (including phenoxy) is 3. The number of amides is 1. The summed E-state index contributed by atoms with van der Waals surface area (Å²) < 4.78 is 14.6. The second-order valence-corrected chi connectivity index (χ2v) is 4.92. The zero-order chi connectivity index (χ0) is 13.8. The zero-order valence-electron chi connectivity index (χ0n) is 11.1. The standard InChI is InChI=1S/C12H19NO5/c1-12(2,3)18-10(14)13-7-5-6-9(8-13)17-11(15)16-4/h5-6,9H,7-8H2,1-4H3/t9-/m0/s1. The maximum atomic E-state index is 11.8. The van der Waals surface area contributed by atoms with Crippen molar-refractivity contribution in [2.75, 3.05) is 20.2 Å². The molecular formula is C12H19NO5. The Morgan fingerprint density at radius 2 is 2.00 bits per heavy atom. The third-order valence-corrected chi connectivity index (χ3v) is 2.14. The van der Waals surface area contributed by atoms with Crippen molar-refractivity contribution in [2.45, 2.75) is 32.5 Å². The molecule has 1 aliphatic heterocycles. The summed E-state index contributed by atoms with van der Waals surface area (Å²) in [6, 6.07) is 0. The topological polar surface area (TPSA) is 65.1 Å². The molecule has 1 aliphatic rings. The van der Waals surface area contributed by atoms with Gasteiger partial charge in [0.1, 0.15) is 11.7 Å². The summed E-state index contributed by atoms with van der Waals surface area (Å²) in [5.74, 6) is 0. The van der Waals surface area contributed by atoms with Crippen molar-refractivity contribution < 1.29 is 23.8 Å². The van der Waals surface area contributed by atoms with Gasteiger partial charge < -0.3 is 19.1 Å². The number of carbonyl (C=O) groups is 2. The van der Waals surface area contributed by atoms with Gasteiger partial charge in [-0.15, -0.1) is 0 Å². The Hall–Kier alpha value is -1.72. The van der Waals surface area contributed by atoms with E-state index in [4.69, 9.17) is 9.47 Å². The van der Waals surface area contributed by atoms with Crippen LogP contribution in [0.3, 0.4) is 0 Å². The van der Waals surface area contributed by atoms with Crippen LogP contribution in [0, 0.1) is 0 Å². The van der Waals surface area contributed by atoms with E-state index in [0.29, 0.717) is 6.54 Å². The fourth-order valence-electron chi connectivity index (χ4n) is 1.42. The van der Waals surface area contributed by atoms with Gasteiger partial charge in [-0.2, -0.15) is 0 Å². The van der Waals surface area contributed by atoms with Crippen molar-refractivity contribution in [3.05, 3.63) is 12.2 Å². The molecule has 0 aromatic heterocycles. The lowest BCUT2D eigenvalue weighted by Gasteiger charge is -2.30. The van der Waals surface area contributed by atoms with Crippen LogP contribution in [0.15, 0.2) is 12.2 Å². The summed E-state index contributed by atoms with van der Waals surface area (Å²) in [7, 11) is 1.24. The van der Waals surface area contributed by atoms with Gasteiger partial charge in [0, 0.05) is 6.54 Å². The Bertz CT molecular complexity index is 345. The van der Waals surface area contributed by atoms with Gasteiger partial charge in [0.25, 0.3) is 0 Å². The lowest BCUT2D eigenvalue weighted by Crippen LogP contribution is -2.43. The smallest absolute Gasteiger partial charge is 0.444 e. The van der Waals surface area contributed by atoms with E-state index in [1.807, 2.05) is 0 Å². The first-order valence-corrected chi connectivity index (χ1v) is 5.71. The Morgan fingerprint density at radius 3 is 2.56 bits per heavy atom. The summed E-state index contributed by atoms with van der Waals surface area (Å²) in [5.41, 5.74) is -0.545. The van der Waals surface area contributed by atoms with Crippen molar-refractivity contribution in [3.8, 4) is 0 Å². The average molecular weight is 257 g/mol. The second-order valence-electron chi connectivity index (χ2n) is 4.92. The van der Waals surface area contributed by atoms with Crippen LogP contribution in [0.25, 0.3) is 0 Å². The minimum atomic E-state index is -0.768. The van der Waals surface area contributed by atoms with Crippen molar-refractivity contribution in [3.63, 3.8) is 0 Å². The summed E-state index contributed by atoms with van der Waals surface area (Å²) >= 11 is 0. The predicted octanol–water partition coefficient (Wildman–Crippen LogP) is 1.94. The molecule has 0 saturated heterocycles. The van der Waals surface area contributed by atoms with Gasteiger partial charge in [-0.1, -0.05) is 6.08 Å². The monoisotopic (exact) mass is 257 g/mol. The molecule has 0 bridgehead atoms. The number of rotatable bonds is 1. The minimum Gasteiger partial charge on any atom is -0.444 e. The third-order valence-electron chi connectivity index (χ3n) is 2.14. The number of methoxy groups -OCH3 is 1. The molecule has 0 aromatic carbocycles. The van der Waals surface area contributed by atoms with Crippen molar-refractivity contribution in [2.24, 2.45) is 0 Å². The Labute approximate surface area is 106 Å². The first-order chi connectivity index (χ1) is 8.31. The molecule has 0 aromatic rings. The molecule has 1 rings (SSSR count). The summed E-state index contributed by atoms with van der Waals surface area (Å²) in [5, 5.41) is 0. The molecule has 0 spiro atoms. The van der Waals surface area contributed by atoms with Crippen molar-refractivity contribution in [1.29, 1.82) is 0 Å². The van der Waals surface area contributed by atoms with Gasteiger partial charge in [0.05, 0.1) is 13.7 Å². The molecule has 0 radical (unpaired) electrons. The molecule has 1 atom stereocenters. The van der Waals surface area contributed by atoms with E-state index in [1.165, 1.54) is 12.0 Å². The molecule has 18 heavy (non-hydrogen) atoms. The molecule has 6 heteroatoms. The van der Waals surface area contributed by atoms with Crippen molar-refractivity contribution >= 4 is 12.2 Å². The van der Waals surface area contributed by atoms with Crippen LogP contribution in [-0.2, 0) is 14.2 Å². The van der Waals surface area contributed by atoms with E-state index in [9.17, 15) is 9.59 Å². The van der Waals surface area contributed by atoms with Gasteiger partial charge >= 0.3 is 12.2 Å². The van der Waals surface area contributed by atoms with E-state index < -0.39 is 24.0 Å².